The molecule has 9 heteroatoms. The summed E-state index contributed by atoms with van der Waals surface area (Å²) in [5.41, 5.74) is 1.60. The molecule has 0 saturated heterocycles. The number of hydrogen-bond donors (Lipinski definition) is 1. The van der Waals surface area contributed by atoms with Crippen molar-refractivity contribution in [1.29, 1.82) is 0 Å². The van der Waals surface area contributed by atoms with Crippen molar-refractivity contribution in [1.82, 2.24) is 14.6 Å². The monoisotopic (exact) mass is 404 g/mol. The summed E-state index contributed by atoms with van der Waals surface area (Å²) in [5, 5.41) is 4.54. The van der Waals surface area contributed by atoms with Crippen LogP contribution in [-0.2, 0) is 21.4 Å². The van der Waals surface area contributed by atoms with Crippen molar-refractivity contribution in [2.24, 2.45) is 0 Å². The van der Waals surface area contributed by atoms with Crippen LogP contribution >= 0.6 is 0 Å². The number of aromatic nitrogens is 2. The maximum Gasteiger partial charge on any atom is 0.267 e. The van der Waals surface area contributed by atoms with Gasteiger partial charge >= 0.3 is 0 Å². The molecule has 0 aliphatic heterocycles. The molecule has 1 aromatic carbocycles. The number of carbonyl (C=O) groups is 1. The molecule has 2 heterocycles. The van der Waals surface area contributed by atoms with E-state index in [-0.39, 0.29) is 23.1 Å². The molecule has 3 aromatic rings. The summed E-state index contributed by atoms with van der Waals surface area (Å²) in [6.45, 7) is 8.63. The van der Waals surface area contributed by atoms with Gasteiger partial charge in [0.05, 0.1) is 0 Å². The summed E-state index contributed by atoms with van der Waals surface area (Å²) in [6, 6.07) is 7.08. The first-order valence-electron chi connectivity index (χ1n) is 9.09. The number of aryl methyl sites for hydroxylation is 2. The minimum absolute atomic E-state index is 0.0469. The fraction of sp³-hybridized carbons (Fsp3) is 0.368. The van der Waals surface area contributed by atoms with Gasteiger partial charge in [0.25, 0.3) is 10.0 Å². The molecule has 2 aromatic heterocycles. The van der Waals surface area contributed by atoms with Crippen molar-refractivity contribution < 1.29 is 17.7 Å². The van der Waals surface area contributed by atoms with Crippen LogP contribution in [-0.4, -0.2) is 42.0 Å². The Labute approximate surface area is 164 Å². The highest BCUT2D eigenvalue weighted by atomic mass is 32.2. The van der Waals surface area contributed by atoms with Crippen LogP contribution in [0.3, 0.4) is 0 Å². The zero-order valence-corrected chi connectivity index (χ0v) is 17.2. The van der Waals surface area contributed by atoms with Crippen molar-refractivity contribution in [2.75, 3.05) is 17.8 Å². The number of nitrogens with one attached hydrogen (secondary N) is 1. The number of rotatable bonds is 7. The second-order valence-corrected chi connectivity index (χ2v) is 8.16. The minimum atomic E-state index is -3.80. The lowest BCUT2D eigenvalue weighted by molar-refractivity contribution is -0.131. The number of benzene rings is 1. The van der Waals surface area contributed by atoms with Gasteiger partial charge in [-0.2, -0.15) is 0 Å². The summed E-state index contributed by atoms with van der Waals surface area (Å²) >= 11 is 0. The molecule has 0 saturated carbocycles. The van der Waals surface area contributed by atoms with Crippen LogP contribution in [0.1, 0.15) is 25.3 Å². The van der Waals surface area contributed by atoms with Gasteiger partial charge in [-0.15, -0.1) is 0 Å². The largest absolute Gasteiger partial charge is 0.360 e. The first-order chi connectivity index (χ1) is 13.3. The van der Waals surface area contributed by atoms with Crippen LogP contribution < -0.4 is 4.72 Å². The molecule has 0 unspecified atom stereocenters. The SMILES string of the molecule is CCN(CC)C(=O)Cn1ccc2cc(NS(=O)(=O)c3c(C)noc3C)ccc21. The molecule has 1 amide bonds. The maximum atomic E-state index is 12.7. The molecule has 0 aliphatic carbocycles. The van der Waals surface area contributed by atoms with Gasteiger partial charge in [0, 0.05) is 35.9 Å². The molecule has 0 radical (unpaired) electrons. The van der Waals surface area contributed by atoms with Crippen LogP contribution in [0.5, 0.6) is 0 Å². The highest BCUT2D eigenvalue weighted by Crippen LogP contribution is 2.25. The zero-order chi connectivity index (χ0) is 20.5. The van der Waals surface area contributed by atoms with Gasteiger partial charge in [-0.3, -0.25) is 9.52 Å². The van der Waals surface area contributed by atoms with Gasteiger partial charge in [-0.1, -0.05) is 5.16 Å². The normalized spacial score (nSPS) is 11.7. The van der Waals surface area contributed by atoms with Gasteiger partial charge in [0.2, 0.25) is 5.91 Å². The molecule has 150 valence electrons. The Morgan fingerprint density at radius 1 is 1.21 bits per heavy atom. The third-order valence-corrected chi connectivity index (χ3v) is 6.31. The molecule has 0 aliphatic rings. The number of anilines is 1. The molecule has 0 spiro atoms. The van der Waals surface area contributed by atoms with Gasteiger partial charge in [-0.25, -0.2) is 8.42 Å². The predicted molar refractivity (Wildman–Crippen MR) is 107 cm³/mol. The van der Waals surface area contributed by atoms with E-state index < -0.39 is 10.0 Å². The number of hydrogen-bond acceptors (Lipinski definition) is 5. The standard InChI is InChI=1S/C19H24N4O4S/c1-5-22(6-2)18(24)12-23-10-9-15-11-16(7-8-17(15)23)21-28(25,26)19-13(3)20-27-14(19)4/h7-11,21H,5-6,12H2,1-4H3. The second-order valence-electron chi connectivity index (χ2n) is 6.54. The van der Waals surface area contributed by atoms with Crippen LogP contribution in [0.4, 0.5) is 5.69 Å². The topological polar surface area (TPSA) is 97.4 Å². The van der Waals surface area contributed by atoms with Crippen LogP contribution in [0.2, 0.25) is 0 Å². The first-order valence-corrected chi connectivity index (χ1v) is 10.6. The molecule has 0 fully saturated rings. The Morgan fingerprint density at radius 2 is 1.93 bits per heavy atom. The van der Waals surface area contributed by atoms with E-state index in [1.807, 2.05) is 30.7 Å². The van der Waals surface area contributed by atoms with Crippen molar-refractivity contribution in [2.45, 2.75) is 39.1 Å². The molecular weight excluding hydrogens is 380 g/mol. The molecule has 28 heavy (non-hydrogen) atoms. The Balaban J connectivity index is 1.85. The van der Waals surface area contributed by atoms with Gasteiger partial charge in [-0.05, 0) is 52.0 Å². The molecule has 8 nitrogen and oxygen atoms in total. The quantitative estimate of drug-likeness (QED) is 0.653. The van der Waals surface area contributed by atoms with E-state index in [1.165, 1.54) is 0 Å². The molecule has 0 atom stereocenters. The van der Waals surface area contributed by atoms with Crippen molar-refractivity contribution in [3.63, 3.8) is 0 Å². The van der Waals surface area contributed by atoms with E-state index in [0.29, 0.717) is 24.5 Å². The number of likely N-dealkylation sites (N-methyl/N-ethyl adjacent to an activating group) is 1. The Morgan fingerprint density at radius 3 is 2.54 bits per heavy atom. The molecule has 3 rings (SSSR count). The number of sulfonamides is 1. The summed E-state index contributed by atoms with van der Waals surface area (Å²) in [4.78, 5) is 14.2. The lowest BCUT2D eigenvalue weighted by atomic mass is 10.2. The average molecular weight is 404 g/mol. The second kappa shape index (κ2) is 7.67. The van der Waals surface area contributed by atoms with E-state index in [0.717, 1.165) is 10.9 Å². The minimum Gasteiger partial charge on any atom is -0.360 e. The van der Waals surface area contributed by atoms with Gasteiger partial charge < -0.3 is 14.0 Å². The molecule has 0 bridgehead atoms. The van der Waals surface area contributed by atoms with Crippen molar-refractivity contribution >= 4 is 32.5 Å². The Hall–Kier alpha value is -2.81. The Bertz CT molecular complexity index is 1090. The maximum absolute atomic E-state index is 12.7. The third-order valence-electron chi connectivity index (χ3n) is 4.68. The van der Waals surface area contributed by atoms with Crippen LogP contribution in [0, 0.1) is 13.8 Å². The van der Waals surface area contributed by atoms with E-state index >= 15 is 0 Å². The van der Waals surface area contributed by atoms with Crippen molar-refractivity contribution in [3.8, 4) is 0 Å². The van der Waals surface area contributed by atoms with E-state index in [1.54, 1.807) is 36.9 Å². The summed E-state index contributed by atoms with van der Waals surface area (Å²) in [5.74, 6) is 0.290. The predicted octanol–water partition coefficient (Wildman–Crippen LogP) is 2.92. The summed E-state index contributed by atoms with van der Waals surface area (Å²) in [7, 11) is -3.80. The van der Waals surface area contributed by atoms with Crippen LogP contribution in [0.25, 0.3) is 10.9 Å². The number of fused-ring (bicyclic) bond motifs is 1. The van der Waals surface area contributed by atoms with E-state index in [9.17, 15) is 13.2 Å². The van der Waals surface area contributed by atoms with Crippen molar-refractivity contribution in [3.05, 3.63) is 41.9 Å². The fourth-order valence-corrected chi connectivity index (χ4v) is 4.67. The molecular formula is C19H24N4O4S. The smallest absolute Gasteiger partial charge is 0.267 e. The summed E-state index contributed by atoms with van der Waals surface area (Å²) < 4.78 is 34.7. The first kappa shape index (κ1) is 19.9. The van der Waals surface area contributed by atoms with Gasteiger partial charge in [0.1, 0.15) is 12.2 Å². The van der Waals surface area contributed by atoms with E-state index in [2.05, 4.69) is 9.88 Å². The van der Waals surface area contributed by atoms with Gasteiger partial charge in [0.15, 0.2) is 10.7 Å². The summed E-state index contributed by atoms with van der Waals surface area (Å²) in [6.07, 6.45) is 1.83. The average Bonchev–Trinajstić information content (AvgIpc) is 3.18. The Kier molecular flexibility index (Phi) is 5.46. The lowest BCUT2D eigenvalue weighted by Gasteiger charge is -2.19. The van der Waals surface area contributed by atoms with Crippen LogP contribution in [0.15, 0.2) is 39.9 Å². The lowest BCUT2D eigenvalue weighted by Crippen LogP contribution is -2.33. The number of amides is 1. The number of nitrogens with zero attached hydrogens (tertiary/aromatic N) is 3. The fourth-order valence-electron chi connectivity index (χ4n) is 3.29. The number of carbonyl (C=O) groups excluding carboxylic acids is 1. The highest BCUT2D eigenvalue weighted by molar-refractivity contribution is 7.92. The highest BCUT2D eigenvalue weighted by Gasteiger charge is 2.24. The third kappa shape index (κ3) is 3.75. The zero-order valence-electron chi connectivity index (χ0n) is 16.4. The molecule has 1 N–H and O–H groups in total. The van der Waals surface area contributed by atoms with E-state index in [4.69, 9.17) is 4.52 Å².